The molecule has 1 aromatic heterocycles. The van der Waals surface area contributed by atoms with Crippen molar-refractivity contribution in [2.45, 2.75) is 13.3 Å². The minimum absolute atomic E-state index is 0.103. The van der Waals surface area contributed by atoms with E-state index in [2.05, 4.69) is 40.8 Å². The van der Waals surface area contributed by atoms with Gasteiger partial charge >= 0.3 is 0 Å². The summed E-state index contributed by atoms with van der Waals surface area (Å²) in [5.74, 6) is 0. The number of nitrogens with zero attached hydrogens (tertiary/aromatic N) is 2. The third-order valence-corrected chi connectivity index (χ3v) is 3.09. The van der Waals surface area contributed by atoms with E-state index in [1.165, 1.54) is 16.9 Å². The van der Waals surface area contributed by atoms with Crippen molar-refractivity contribution < 1.29 is 5.11 Å². The van der Waals surface area contributed by atoms with Gasteiger partial charge in [0.1, 0.15) is 0 Å². The fraction of sp³-hybridized carbons (Fsp3) is 0.231. The van der Waals surface area contributed by atoms with Crippen LogP contribution in [0.1, 0.15) is 5.56 Å². The second kappa shape index (κ2) is 3.39. The van der Waals surface area contributed by atoms with Crippen molar-refractivity contribution in [3.63, 3.8) is 0 Å². The summed E-state index contributed by atoms with van der Waals surface area (Å²) in [6, 6.07) is 10.4. The predicted molar refractivity (Wildman–Crippen MR) is 64.2 cm³/mol. The molecule has 0 radical (unpaired) electrons. The van der Waals surface area contributed by atoms with E-state index in [0.29, 0.717) is 0 Å². The SMILES string of the molecule is CN1Cn2cc(CO)cc2-c2ccccc21. The third-order valence-electron chi connectivity index (χ3n) is 3.09. The Morgan fingerprint density at radius 2 is 2.12 bits per heavy atom. The average molecular weight is 214 g/mol. The molecule has 0 bridgehead atoms. The fourth-order valence-electron chi connectivity index (χ4n) is 2.33. The van der Waals surface area contributed by atoms with Crippen LogP contribution in [0.2, 0.25) is 0 Å². The van der Waals surface area contributed by atoms with Crippen LogP contribution in [0, 0.1) is 0 Å². The summed E-state index contributed by atoms with van der Waals surface area (Å²) in [6.45, 7) is 0.943. The maximum Gasteiger partial charge on any atom is 0.0943 e. The van der Waals surface area contributed by atoms with Crippen LogP contribution in [0.3, 0.4) is 0 Å². The summed E-state index contributed by atoms with van der Waals surface area (Å²) < 4.78 is 2.17. The topological polar surface area (TPSA) is 28.4 Å². The molecule has 0 aliphatic carbocycles. The highest BCUT2D eigenvalue weighted by Crippen LogP contribution is 2.35. The predicted octanol–water partition coefficient (Wildman–Crippen LogP) is 2.05. The van der Waals surface area contributed by atoms with Gasteiger partial charge in [0.2, 0.25) is 0 Å². The van der Waals surface area contributed by atoms with Crippen molar-refractivity contribution in [2.75, 3.05) is 11.9 Å². The van der Waals surface area contributed by atoms with E-state index in [1.54, 1.807) is 0 Å². The molecule has 2 aromatic rings. The Morgan fingerprint density at radius 3 is 2.94 bits per heavy atom. The number of benzene rings is 1. The molecule has 1 aromatic carbocycles. The Kier molecular flexibility index (Phi) is 2.01. The Hall–Kier alpha value is -1.74. The normalized spacial score (nSPS) is 13.5. The van der Waals surface area contributed by atoms with Crippen LogP contribution in [0.5, 0.6) is 0 Å². The molecule has 82 valence electrons. The van der Waals surface area contributed by atoms with Crippen LogP contribution in [0.4, 0.5) is 5.69 Å². The molecule has 3 heteroatoms. The summed E-state index contributed by atoms with van der Waals surface area (Å²) in [5.41, 5.74) is 4.64. The summed E-state index contributed by atoms with van der Waals surface area (Å²) in [7, 11) is 2.08. The van der Waals surface area contributed by atoms with E-state index in [0.717, 1.165) is 12.2 Å². The molecule has 1 aliphatic rings. The molecule has 1 N–H and O–H groups in total. The van der Waals surface area contributed by atoms with Crippen molar-refractivity contribution >= 4 is 5.69 Å². The van der Waals surface area contributed by atoms with E-state index in [4.69, 9.17) is 0 Å². The quantitative estimate of drug-likeness (QED) is 0.787. The van der Waals surface area contributed by atoms with E-state index in [-0.39, 0.29) is 6.61 Å². The maximum atomic E-state index is 9.17. The summed E-state index contributed by atoms with van der Waals surface area (Å²) in [6.07, 6.45) is 2.02. The lowest BCUT2D eigenvalue weighted by Crippen LogP contribution is -2.25. The van der Waals surface area contributed by atoms with E-state index in [9.17, 15) is 5.11 Å². The first kappa shape index (κ1) is 9.48. The number of rotatable bonds is 1. The molecular formula is C13H14N2O. The van der Waals surface area contributed by atoms with Gasteiger partial charge in [-0.1, -0.05) is 18.2 Å². The molecule has 1 aliphatic heterocycles. The monoisotopic (exact) mass is 214 g/mol. The maximum absolute atomic E-state index is 9.17. The molecule has 0 saturated heterocycles. The van der Waals surface area contributed by atoms with E-state index >= 15 is 0 Å². The first-order valence-electron chi connectivity index (χ1n) is 5.40. The number of para-hydroxylation sites is 1. The highest BCUT2D eigenvalue weighted by molar-refractivity contribution is 5.78. The summed E-state index contributed by atoms with van der Waals surface area (Å²) in [5, 5.41) is 9.17. The standard InChI is InChI=1S/C13H14N2O/c1-14-9-15-7-10(8-16)6-13(15)11-4-2-3-5-12(11)14/h2-7,16H,8-9H2,1H3. The lowest BCUT2D eigenvalue weighted by Gasteiger charge is -2.29. The van der Waals surface area contributed by atoms with Gasteiger partial charge in [0, 0.05) is 24.5 Å². The molecule has 0 fully saturated rings. The molecule has 0 unspecified atom stereocenters. The Labute approximate surface area is 94.6 Å². The lowest BCUT2D eigenvalue weighted by atomic mass is 10.1. The van der Waals surface area contributed by atoms with Crippen molar-refractivity contribution in [3.8, 4) is 11.3 Å². The Balaban J connectivity index is 2.22. The van der Waals surface area contributed by atoms with E-state index in [1.807, 2.05) is 12.3 Å². The smallest absolute Gasteiger partial charge is 0.0943 e. The number of aliphatic hydroxyl groups is 1. The van der Waals surface area contributed by atoms with Crippen molar-refractivity contribution in [1.29, 1.82) is 0 Å². The van der Waals surface area contributed by atoms with Gasteiger partial charge in [0.05, 0.1) is 19.0 Å². The number of anilines is 1. The van der Waals surface area contributed by atoms with Gasteiger partial charge in [0.15, 0.2) is 0 Å². The minimum Gasteiger partial charge on any atom is -0.392 e. The molecule has 0 saturated carbocycles. The largest absolute Gasteiger partial charge is 0.392 e. The molecule has 0 spiro atoms. The Bertz CT molecular complexity index is 530. The molecule has 0 amide bonds. The van der Waals surface area contributed by atoms with Gasteiger partial charge < -0.3 is 14.6 Å². The zero-order valence-corrected chi connectivity index (χ0v) is 9.22. The first-order chi connectivity index (χ1) is 7.79. The first-order valence-corrected chi connectivity index (χ1v) is 5.40. The summed E-state index contributed by atoms with van der Waals surface area (Å²) in [4.78, 5) is 2.21. The molecule has 16 heavy (non-hydrogen) atoms. The van der Waals surface area contributed by atoms with Crippen LogP contribution in [-0.2, 0) is 13.3 Å². The second-order valence-electron chi connectivity index (χ2n) is 4.22. The van der Waals surface area contributed by atoms with Crippen LogP contribution in [0.25, 0.3) is 11.3 Å². The number of aromatic nitrogens is 1. The van der Waals surface area contributed by atoms with Gasteiger partial charge in [-0.3, -0.25) is 0 Å². The Morgan fingerprint density at radius 1 is 1.31 bits per heavy atom. The second-order valence-corrected chi connectivity index (χ2v) is 4.22. The van der Waals surface area contributed by atoms with Crippen molar-refractivity contribution in [2.24, 2.45) is 0 Å². The van der Waals surface area contributed by atoms with Crippen LogP contribution < -0.4 is 4.90 Å². The highest BCUT2D eigenvalue weighted by atomic mass is 16.3. The van der Waals surface area contributed by atoms with Crippen molar-refractivity contribution in [3.05, 3.63) is 42.1 Å². The number of aliphatic hydroxyl groups excluding tert-OH is 1. The van der Waals surface area contributed by atoms with Crippen molar-refractivity contribution in [1.82, 2.24) is 4.57 Å². The zero-order valence-electron chi connectivity index (χ0n) is 9.22. The molecule has 3 rings (SSSR count). The number of hydrogen-bond acceptors (Lipinski definition) is 2. The van der Waals surface area contributed by atoms with Gasteiger partial charge in [-0.05, 0) is 17.7 Å². The van der Waals surface area contributed by atoms with Gasteiger partial charge in [-0.2, -0.15) is 0 Å². The zero-order chi connectivity index (χ0) is 11.1. The summed E-state index contributed by atoms with van der Waals surface area (Å²) >= 11 is 0. The fourth-order valence-corrected chi connectivity index (χ4v) is 2.33. The third kappa shape index (κ3) is 1.25. The number of fused-ring (bicyclic) bond motifs is 3. The minimum atomic E-state index is 0.103. The van der Waals surface area contributed by atoms with Gasteiger partial charge in [-0.25, -0.2) is 0 Å². The van der Waals surface area contributed by atoms with Gasteiger partial charge in [0.25, 0.3) is 0 Å². The van der Waals surface area contributed by atoms with Crippen LogP contribution >= 0.6 is 0 Å². The van der Waals surface area contributed by atoms with Crippen LogP contribution in [0.15, 0.2) is 36.5 Å². The van der Waals surface area contributed by atoms with E-state index < -0.39 is 0 Å². The highest BCUT2D eigenvalue weighted by Gasteiger charge is 2.19. The molecular weight excluding hydrogens is 200 g/mol. The number of hydrogen-bond donors (Lipinski definition) is 1. The molecule has 0 atom stereocenters. The average Bonchev–Trinajstić information content (AvgIpc) is 2.72. The lowest BCUT2D eigenvalue weighted by molar-refractivity contribution is 0.281. The molecule has 3 nitrogen and oxygen atoms in total. The van der Waals surface area contributed by atoms with Gasteiger partial charge in [-0.15, -0.1) is 0 Å². The van der Waals surface area contributed by atoms with Crippen LogP contribution in [-0.4, -0.2) is 16.7 Å². The molecule has 2 heterocycles.